The standard InChI is InChI=1S/C12H11N7/c1-6-9-10(13)16-17-11(9)19(18-6)12-14-7-4-2-3-5-8(7)15-12/h2-5H,1H3,(H,14,15)(H3,13,16,17). The van der Waals surface area contributed by atoms with Crippen molar-refractivity contribution in [3.8, 4) is 5.95 Å². The lowest BCUT2D eigenvalue weighted by atomic mass is 10.3. The topological polar surface area (TPSA) is 101 Å². The molecule has 0 bridgehead atoms. The van der Waals surface area contributed by atoms with Crippen molar-refractivity contribution in [3.63, 3.8) is 0 Å². The first-order valence-electron chi connectivity index (χ1n) is 5.88. The number of rotatable bonds is 1. The number of benzene rings is 1. The van der Waals surface area contributed by atoms with E-state index < -0.39 is 0 Å². The van der Waals surface area contributed by atoms with Crippen molar-refractivity contribution >= 4 is 27.9 Å². The number of aromatic amines is 2. The van der Waals surface area contributed by atoms with Crippen LogP contribution >= 0.6 is 0 Å². The number of H-pyrrole nitrogens is 2. The van der Waals surface area contributed by atoms with Crippen LogP contribution < -0.4 is 5.73 Å². The normalized spacial score (nSPS) is 11.6. The highest BCUT2D eigenvalue weighted by molar-refractivity contribution is 5.89. The Morgan fingerprint density at radius 2 is 2.11 bits per heavy atom. The zero-order valence-corrected chi connectivity index (χ0v) is 10.2. The monoisotopic (exact) mass is 253 g/mol. The molecule has 19 heavy (non-hydrogen) atoms. The molecule has 4 rings (SSSR count). The van der Waals surface area contributed by atoms with Gasteiger partial charge in [-0.3, -0.25) is 5.10 Å². The first-order valence-corrected chi connectivity index (χ1v) is 5.88. The number of hydrogen-bond acceptors (Lipinski definition) is 4. The number of nitrogens with one attached hydrogen (secondary N) is 2. The Labute approximate surface area is 107 Å². The minimum absolute atomic E-state index is 0.523. The molecule has 0 aliphatic heterocycles. The summed E-state index contributed by atoms with van der Waals surface area (Å²) < 4.78 is 1.66. The molecular formula is C12H11N7. The summed E-state index contributed by atoms with van der Waals surface area (Å²) in [4.78, 5) is 7.73. The maximum atomic E-state index is 5.84. The number of fused-ring (bicyclic) bond motifs is 2. The fourth-order valence-corrected chi connectivity index (χ4v) is 2.29. The van der Waals surface area contributed by atoms with Crippen molar-refractivity contribution in [1.29, 1.82) is 0 Å². The first-order chi connectivity index (χ1) is 9.24. The Bertz CT molecular complexity index is 862. The summed E-state index contributed by atoms with van der Waals surface area (Å²) in [6.07, 6.45) is 0. The highest BCUT2D eigenvalue weighted by Gasteiger charge is 2.16. The van der Waals surface area contributed by atoms with Gasteiger partial charge in [-0.25, -0.2) is 4.98 Å². The van der Waals surface area contributed by atoms with Gasteiger partial charge in [0.2, 0.25) is 5.95 Å². The van der Waals surface area contributed by atoms with Crippen LogP contribution in [-0.4, -0.2) is 29.9 Å². The fourth-order valence-electron chi connectivity index (χ4n) is 2.29. The van der Waals surface area contributed by atoms with Crippen molar-refractivity contribution in [3.05, 3.63) is 30.0 Å². The summed E-state index contributed by atoms with van der Waals surface area (Å²) >= 11 is 0. The van der Waals surface area contributed by atoms with Crippen molar-refractivity contribution in [2.24, 2.45) is 0 Å². The van der Waals surface area contributed by atoms with Gasteiger partial charge in [-0.1, -0.05) is 12.1 Å². The number of para-hydroxylation sites is 2. The van der Waals surface area contributed by atoms with Gasteiger partial charge >= 0.3 is 0 Å². The van der Waals surface area contributed by atoms with E-state index in [9.17, 15) is 0 Å². The Balaban J connectivity index is 2.03. The predicted octanol–water partition coefficient (Wildman–Crippen LogP) is 1.52. The summed E-state index contributed by atoms with van der Waals surface area (Å²) in [6.45, 7) is 1.90. The van der Waals surface area contributed by atoms with Gasteiger partial charge in [0.05, 0.1) is 22.1 Å². The summed E-state index contributed by atoms with van der Waals surface area (Å²) in [7, 11) is 0. The van der Waals surface area contributed by atoms with E-state index in [0.29, 0.717) is 17.4 Å². The number of hydrogen-bond donors (Lipinski definition) is 3. The van der Waals surface area contributed by atoms with E-state index >= 15 is 0 Å². The molecule has 0 atom stereocenters. The highest BCUT2D eigenvalue weighted by atomic mass is 15.4. The smallest absolute Gasteiger partial charge is 0.231 e. The van der Waals surface area contributed by atoms with Crippen molar-refractivity contribution in [2.45, 2.75) is 6.92 Å². The maximum Gasteiger partial charge on any atom is 0.231 e. The van der Waals surface area contributed by atoms with E-state index in [1.54, 1.807) is 4.68 Å². The minimum atomic E-state index is 0.523. The molecule has 4 N–H and O–H groups in total. The molecule has 7 nitrogen and oxygen atoms in total. The molecule has 4 aromatic rings. The third kappa shape index (κ3) is 1.29. The quantitative estimate of drug-likeness (QED) is 0.478. The number of imidazole rings is 1. The van der Waals surface area contributed by atoms with Crippen molar-refractivity contribution in [1.82, 2.24) is 29.9 Å². The molecule has 3 heterocycles. The number of aryl methyl sites for hydroxylation is 1. The fraction of sp³-hybridized carbons (Fsp3) is 0.0833. The third-order valence-corrected chi connectivity index (χ3v) is 3.17. The van der Waals surface area contributed by atoms with Gasteiger partial charge in [0.15, 0.2) is 5.65 Å². The molecule has 0 saturated carbocycles. The molecule has 0 fully saturated rings. The number of anilines is 1. The van der Waals surface area contributed by atoms with Crippen LogP contribution in [0.4, 0.5) is 5.82 Å². The van der Waals surface area contributed by atoms with E-state index in [0.717, 1.165) is 22.1 Å². The summed E-state index contributed by atoms with van der Waals surface area (Å²) in [5.74, 6) is 1.15. The van der Waals surface area contributed by atoms with Crippen LogP contribution in [0, 0.1) is 6.92 Å². The van der Waals surface area contributed by atoms with Crippen LogP contribution in [0.25, 0.3) is 28.0 Å². The van der Waals surface area contributed by atoms with Crippen LogP contribution in [-0.2, 0) is 0 Å². The maximum absolute atomic E-state index is 5.84. The Morgan fingerprint density at radius 3 is 2.95 bits per heavy atom. The number of aromatic nitrogens is 6. The van der Waals surface area contributed by atoms with E-state index in [2.05, 4.69) is 25.3 Å². The minimum Gasteiger partial charge on any atom is -0.383 e. The molecule has 3 aromatic heterocycles. The van der Waals surface area contributed by atoms with Crippen molar-refractivity contribution < 1.29 is 0 Å². The second-order valence-corrected chi connectivity index (χ2v) is 4.41. The number of nitrogens with two attached hydrogens (primary N) is 1. The van der Waals surface area contributed by atoms with Gasteiger partial charge in [0, 0.05) is 0 Å². The molecule has 0 spiro atoms. The van der Waals surface area contributed by atoms with Gasteiger partial charge in [-0.2, -0.15) is 14.9 Å². The van der Waals surface area contributed by atoms with E-state index in [1.165, 1.54) is 0 Å². The second kappa shape index (κ2) is 3.35. The molecule has 0 amide bonds. The largest absolute Gasteiger partial charge is 0.383 e. The highest BCUT2D eigenvalue weighted by Crippen LogP contribution is 2.24. The average Bonchev–Trinajstić information content (AvgIpc) is 3.05. The lowest BCUT2D eigenvalue weighted by molar-refractivity contribution is 0.822. The van der Waals surface area contributed by atoms with Crippen LogP contribution in [0.3, 0.4) is 0 Å². The molecule has 0 unspecified atom stereocenters. The van der Waals surface area contributed by atoms with Gasteiger partial charge in [0.25, 0.3) is 0 Å². The van der Waals surface area contributed by atoms with E-state index in [-0.39, 0.29) is 0 Å². The third-order valence-electron chi connectivity index (χ3n) is 3.17. The zero-order chi connectivity index (χ0) is 13.0. The molecular weight excluding hydrogens is 242 g/mol. The molecule has 1 aromatic carbocycles. The molecule has 0 aliphatic carbocycles. The summed E-state index contributed by atoms with van der Waals surface area (Å²) in [5, 5.41) is 12.2. The number of nitrogen functional groups attached to an aromatic ring is 1. The second-order valence-electron chi connectivity index (χ2n) is 4.41. The lowest BCUT2D eigenvalue weighted by Crippen LogP contribution is -1.99. The Kier molecular flexibility index (Phi) is 1.78. The van der Waals surface area contributed by atoms with Gasteiger partial charge in [-0.05, 0) is 19.1 Å². The van der Waals surface area contributed by atoms with Crippen LogP contribution in [0.2, 0.25) is 0 Å². The molecule has 0 radical (unpaired) electrons. The Morgan fingerprint density at radius 1 is 1.26 bits per heavy atom. The first kappa shape index (κ1) is 10.1. The van der Waals surface area contributed by atoms with Crippen molar-refractivity contribution in [2.75, 3.05) is 5.73 Å². The lowest BCUT2D eigenvalue weighted by Gasteiger charge is -1.93. The van der Waals surface area contributed by atoms with Gasteiger partial charge in [-0.15, -0.1) is 0 Å². The van der Waals surface area contributed by atoms with Crippen LogP contribution in [0.5, 0.6) is 0 Å². The predicted molar refractivity (Wildman–Crippen MR) is 72.0 cm³/mol. The van der Waals surface area contributed by atoms with Gasteiger partial charge in [0.1, 0.15) is 5.82 Å². The average molecular weight is 253 g/mol. The zero-order valence-electron chi connectivity index (χ0n) is 10.2. The van der Waals surface area contributed by atoms with Gasteiger partial charge < -0.3 is 10.7 Å². The van der Waals surface area contributed by atoms with E-state index in [4.69, 9.17) is 5.73 Å². The summed E-state index contributed by atoms with van der Waals surface area (Å²) in [5.41, 5.74) is 9.19. The van der Waals surface area contributed by atoms with E-state index in [1.807, 2.05) is 31.2 Å². The van der Waals surface area contributed by atoms with Crippen LogP contribution in [0.15, 0.2) is 24.3 Å². The number of nitrogens with zero attached hydrogens (tertiary/aromatic N) is 4. The van der Waals surface area contributed by atoms with Crippen LogP contribution in [0.1, 0.15) is 5.69 Å². The summed E-state index contributed by atoms with van der Waals surface area (Å²) in [6, 6.07) is 7.82. The SMILES string of the molecule is Cc1nn(-c2nc3ccccc3[nH]2)c2n[nH]c(N)c12. The molecule has 0 saturated heterocycles. The molecule has 94 valence electrons. The molecule has 0 aliphatic rings. The molecule has 7 heteroatoms. The Hall–Kier alpha value is -2.83.